The van der Waals surface area contributed by atoms with E-state index < -0.39 is 5.97 Å². The van der Waals surface area contributed by atoms with Crippen molar-refractivity contribution in [3.05, 3.63) is 24.0 Å². The molecule has 1 aliphatic heterocycles. The van der Waals surface area contributed by atoms with Crippen molar-refractivity contribution in [3.63, 3.8) is 0 Å². The van der Waals surface area contributed by atoms with Crippen LogP contribution >= 0.6 is 0 Å². The molecule has 0 saturated carbocycles. The molecular weight excluding hydrogens is 244 g/mol. The normalized spacial score (nSPS) is 19.5. The summed E-state index contributed by atoms with van der Waals surface area (Å²) < 4.78 is 0. The highest BCUT2D eigenvalue weighted by atomic mass is 16.4. The number of carboxylic acid groups (broad SMARTS) is 1. The van der Waals surface area contributed by atoms with Gasteiger partial charge < -0.3 is 20.7 Å². The number of carbonyl (C=O) groups is 1. The van der Waals surface area contributed by atoms with Gasteiger partial charge in [-0.25, -0.2) is 9.78 Å². The van der Waals surface area contributed by atoms with Gasteiger partial charge in [0.2, 0.25) is 0 Å². The van der Waals surface area contributed by atoms with Crippen LogP contribution in [0.15, 0.2) is 18.5 Å². The average molecular weight is 260 g/mol. The van der Waals surface area contributed by atoms with Crippen molar-refractivity contribution in [2.24, 2.45) is 0 Å². The van der Waals surface area contributed by atoms with Crippen molar-refractivity contribution >= 4 is 22.7 Å². The van der Waals surface area contributed by atoms with Gasteiger partial charge in [0.05, 0.1) is 5.69 Å². The maximum Gasteiger partial charge on any atom is 0.339 e. The molecule has 3 heterocycles. The van der Waals surface area contributed by atoms with Gasteiger partial charge in [0.15, 0.2) is 0 Å². The highest BCUT2D eigenvalue weighted by Gasteiger charge is 2.19. The van der Waals surface area contributed by atoms with Crippen LogP contribution in [0.5, 0.6) is 0 Å². The topological polar surface area (TPSA) is 90.0 Å². The molecule has 0 aliphatic carbocycles. The second kappa shape index (κ2) is 4.89. The number of pyridine rings is 1. The number of H-pyrrole nitrogens is 1. The van der Waals surface area contributed by atoms with Crippen LogP contribution in [0, 0.1) is 0 Å². The number of fused-ring (bicyclic) bond motifs is 1. The van der Waals surface area contributed by atoms with Crippen molar-refractivity contribution < 1.29 is 9.90 Å². The zero-order chi connectivity index (χ0) is 13.2. The van der Waals surface area contributed by atoms with E-state index in [0.29, 0.717) is 11.3 Å². The van der Waals surface area contributed by atoms with Gasteiger partial charge in [-0.3, -0.25) is 0 Å². The Bertz CT molecular complexity index is 602. The number of hydrogen-bond donors (Lipinski definition) is 4. The monoisotopic (exact) mass is 260 g/mol. The van der Waals surface area contributed by atoms with E-state index in [2.05, 4.69) is 20.6 Å². The Balaban J connectivity index is 2.00. The molecule has 6 nitrogen and oxygen atoms in total. The average Bonchev–Trinajstić information content (AvgIpc) is 2.88. The van der Waals surface area contributed by atoms with Crippen molar-refractivity contribution in [1.29, 1.82) is 0 Å². The Morgan fingerprint density at radius 2 is 2.42 bits per heavy atom. The molecule has 0 spiro atoms. The second-order valence-corrected chi connectivity index (χ2v) is 4.78. The first-order valence-corrected chi connectivity index (χ1v) is 6.42. The first-order chi connectivity index (χ1) is 9.25. The summed E-state index contributed by atoms with van der Waals surface area (Å²) in [6.07, 6.45) is 5.31. The van der Waals surface area contributed by atoms with E-state index in [9.17, 15) is 9.90 Å². The molecule has 0 radical (unpaired) electrons. The van der Waals surface area contributed by atoms with Crippen LogP contribution in [0.1, 0.15) is 23.2 Å². The summed E-state index contributed by atoms with van der Waals surface area (Å²) in [6, 6.07) is 2.11. The Labute approximate surface area is 110 Å². The quantitative estimate of drug-likeness (QED) is 0.670. The third kappa shape index (κ3) is 2.26. The number of aromatic amines is 1. The summed E-state index contributed by atoms with van der Waals surface area (Å²) in [4.78, 5) is 18.5. The fourth-order valence-corrected chi connectivity index (χ4v) is 2.50. The maximum absolute atomic E-state index is 11.3. The van der Waals surface area contributed by atoms with Crippen molar-refractivity contribution in [2.45, 2.75) is 18.9 Å². The minimum atomic E-state index is -0.957. The van der Waals surface area contributed by atoms with Gasteiger partial charge in [-0.15, -0.1) is 0 Å². The Hall–Kier alpha value is -2.08. The number of piperidine rings is 1. The lowest BCUT2D eigenvalue weighted by molar-refractivity contribution is 0.0697. The Kier molecular flexibility index (Phi) is 3.08. The van der Waals surface area contributed by atoms with Crippen molar-refractivity contribution in [3.8, 4) is 0 Å². The summed E-state index contributed by atoms with van der Waals surface area (Å²) in [5.74, 6) is -0.957. The molecule has 1 aliphatic rings. The molecule has 4 N–H and O–H groups in total. The molecule has 1 saturated heterocycles. The molecule has 6 heteroatoms. The van der Waals surface area contributed by atoms with Crippen LogP contribution in [0.25, 0.3) is 11.0 Å². The fourth-order valence-electron chi connectivity index (χ4n) is 2.50. The van der Waals surface area contributed by atoms with Crippen molar-refractivity contribution in [2.75, 3.05) is 18.4 Å². The number of anilines is 1. The van der Waals surface area contributed by atoms with Gasteiger partial charge in [0.1, 0.15) is 11.2 Å². The third-order valence-corrected chi connectivity index (χ3v) is 3.46. The van der Waals surface area contributed by atoms with Gasteiger partial charge in [-0.2, -0.15) is 0 Å². The molecule has 100 valence electrons. The standard InChI is InChI=1S/C13H16N4O2/c18-13(19)10-7-16-12-9(3-5-15-12)11(10)17-8-2-1-4-14-6-8/h3,5,7-8,14H,1-2,4,6H2,(H,18,19)(H2,15,16,17). The number of rotatable bonds is 3. The smallest absolute Gasteiger partial charge is 0.339 e. The molecule has 0 amide bonds. The predicted octanol–water partition coefficient (Wildman–Crippen LogP) is 1.42. The fraction of sp³-hybridized carbons (Fsp3) is 0.385. The highest BCUT2D eigenvalue weighted by molar-refractivity contribution is 6.03. The Morgan fingerprint density at radius 1 is 1.53 bits per heavy atom. The van der Waals surface area contributed by atoms with E-state index >= 15 is 0 Å². The zero-order valence-corrected chi connectivity index (χ0v) is 10.4. The van der Waals surface area contributed by atoms with E-state index in [0.717, 1.165) is 31.3 Å². The van der Waals surface area contributed by atoms with Crippen LogP contribution in [-0.2, 0) is 0 Å². The second-order valence-electron chi connectivity index (χ2n) is 4.78. The molecule has 0 bridgehead atoms. The number of aromatic carboxylic acids is 1. The van der Waals surface area contributed by atoms with E-state index in [1.165, 1.54) is 6.20 Å². The lowest BCUT2D eigenvalue weighted by Crippen LogP contribution is -2.38. The minimum absolute atomic E-state index is 0.220. The Morgan fingerprint density at radius 3 is 3.16 bits per heavy atom. The summed E-state index contributed by atoms with van der Waals surface area (Å²) in [5, 5.41) is 16.8. The number of aromatic nitrogens is 2. The van der Waals surface area contributed by atoms with Gasteiger partial charge >= 0.3 is 5.97 Å². The van der Waals surface area contributed by atoms with Gasteiger partial charge in [-0.05, 0) is 25.5 Å². The highest BCUT2D eigenvalue weighted by Crippen LogP contribution is 2.27. The van der Waals surface area contributed by atoms with E-state index in [1.807, 2.05) is 6.07 Å². The first kappa shape index (κ1) is 12.0. The molecule has 1 unspecified atom stereocenters. The number of nitrogens with one attached hydrogen (secondary N) is 3. The number of carboxylic acids is 1. The molecule has 19 heavy (non-hydrogen) atoms. The predicted molar refractivity (Wildman–Crippen MR) is 72.6 cm³/mol. The lowest BCUT2D eigenvalue weighted by atomic mass is 10.1. The van der Waals surface area contributed by atoms with Crippen LogP contribution in [0.4, 0.5) is 5.69 Å². The van der Waals surface area contributed by atoms with Gasteiger partial charge in [0.25, 0.3) is 0 Å². The van der Waals surface area contributed by atoms with Crippen LogP contribution in [0.3, 0.4) is 0 Å². The summed E-state index contributed by atoms with van der Waals surface area (Å²) >= 11 is 0. The zero-order valence-electron chi connectivity index (χ0n) is 10.4. The molecule has 2 aromatic heterocycles. The number of hydrogen-bond acceptors (Lipinski definition) is 4. The SMILES string of the molecule is O=C(O)c1cnc2[nH]ccc2c1NC1CCCNC1. The van der Waals surface area contributed by atoms with Crippen LogP contribution in [0.2, 0.25) is 0 Å². The summed E-state index contributed by atoms with van der Waals surface area (Å²) in [6.45, 7) is 1.88. The summed E-state index contributed by atoms with van der Waals surface area (Å²) in [5.41, 5.74) is 1.58. The van der Waals surface area contributed by atoms with E-state index in [-0.39, 0.29) is 11.6 Å². The molecule has 0 aromatic carbocycles. The van der Waals surface area contributed by atoms with E-state index in [4.69, 9.17) is 0 Å². The molecule has 3 rings (SSSR count). The van der Waals surface area contributed by atoms with Gasteiger partial charge in [0, 0.05) is 30.4 Å². The molecule has 2 aromatic rings. The maximum atomic E-state index is 11.3. The molecule has 1 atom stereocenters. The lowest BCUT2D eigenvalue weighted by Gasteiger charge is -2.25. The largest absolute Gasteiger partial charge is 0.478 e. The molecular formula is C13H16N4O2. The van der Waals surface area contributed by atoms with Crippen molar-refractivity contribution in [1.82, 2.24) is 15.3 Å². The number of nitrogens with zero attached hydrogens (tertiary/aromatic N) is 1. The third-order valence-electron chi connectivity index (χ3n) is 3.46. The first-order valence-electron chi connectivity index (χ1n) is 6.42. The van der Waals surface area contributed by atoms with Crippen LogP contribution < -0.4 is 10.6 Å². The summed E-state index contributed by atoms with van der Waals surface area (Å²) in [7, 11) is 0. The minimum Gasteiger partial charge on any atom is -0.478 e. The molecule has 1 fully saturated rings. The van der Waals surface area contributed by atoms with Gasteiger partial charge in [-0.1, -0.05) is 0 Å². The van der Waals surface area contributed by atoms with Crippen LogP contribution in [-0.4, -0.2) is 40.2 Å². The van der Waals surface area contributed by atoms with E-state index in [1.54, 1.807) is 6.20 Å².